The van der Waals surface area contributed by atoms with E-state index in [-0.39, 0.29) is 0 Å². The van der Waals surface area contributed by atoms with E-state index >= 15 is 0 Å². The molecule has 0 fully saturated rings. The molecule has 2 rings (SSSR count). The summed E-state index contributed by atoms with van der Waals surface area (Å²) in [6.07, 6.45) is 7.88. The highest BCUT2D eigenvalue weighted by Crippen LogP contribution is 2.02. The predicted octanol–water partition coefficient (Wildman–Crippen LogP) is 2.00. The summed E-state index contributed by atoms with van der Waals surface area (Å²) in [5.74, 6) is 0. The highest BCUT2D eigenvalue weighted by Gasteiger charge is 1.94. The third-order valence-electron chi connectivity index (χ3n) is 2.36. The van der Waals surface area contributed by atoms with E-state index in [1.165, 1.54) is 0 Å². The van der Waals surface area contributed by atoms with Gasteiger partial charge < -0.3 is 0 Å². The number of hydrogen-bond donors (Lipinski definition) is 0. The second-order valence-electron chi connectivity index (χ2n) is 3.41. The van der Waals surface area contributed by atoms with Crippen LogP contribution >= 0.6 is 0 Å². The summed E-state index contributed by atoms with van der Waals surface area (Å²) in [5, 5.41) is 3.27. The van der Waals surface area contributed by atoms with E-state index in [0.29, 0.717) is 0 Å². The van der Waals surface area contributed by atoms with Crippen LogP contribution in [0.2, 0.25) is 0 Å². The Morgan fingerprint density at radius 1 is 1.27 bits per heavy atom. The van der Waals surface area contributed by atoms with Crippen molar-refractivity contribution in [3.8, 4) is 0 Å². The Bertz CT molecular complexity index is 609. The Balaban J connectivity index is 2.92. The maximum atomic E-state index is 4.39. The van der Waals surface area contributed by atoms with E-state index in [1.54, 1.807) is 0 Å². The Labute approximate surface area is 89.1 Å². The van der Waals surface area contributed by atoms with Crippen molar-refractivity contribution in [3.63, 3.8) is 0 Å². The molecule has 0 spiro atoms. The molecule has 1 heterocycles. The minimum Gasteiger partial charge on any atom is -0.256 e. The van der Waals surface area contributed by atoms with Gasteiger partial charge in [0.2, 0.25) is 0 Å². The molecule has 2 aromatic rings. The molecule has 0 radical (unpaired) electrons. The molecule has 0 unspecified atom stereocenters. The maximum Gasteiger partial charge on any atom is 0.0780 e. The van der Waals surface area contributed by atoms with Crippen LogP contribution in [0.5, 0.6) is 0 Å². The van der Waals surface area contributed by atoms with Gasteiger partial charge in [0.25, 0.3) is 0 Å². The summed E-state index contributed by atoms with van der Waals surface area (Å²) in [6.45, 7) is 6.02. The number of allylic oxidation sites excluding steroid dienone is 2. The minimum atomic E-state index is 1.01. The topological polar surface area (TPSA) is 12.9 Å². The molecule has 0 aliphatic rings. The number of rotatable bonds is 1. The Morgan fingerprint density at radius 2 is 2.13 bits per heavy atom. The van der Waals surface area contributed by atoms with Crippen molar-refractivity contribution in [2.24, 2.45) is 0 Å². The third-order valence-corrected chi connectivity index (χ3v) is 2.36. The van der Waals surface area contributed by atoms with Crippen LogP contribution in [-0.4, -0.2) is 4.98 Å². The van der Waals surface area contributed by atoms with Crippen LogP contribution in [0.4, 0.5) is 0 Å². The van der Waals surface area contributed by atoms with Gasteiger partial charge in [-0.3, -0.25) is 4.98 Å². The number of pyridine rings is 1. The summed E-state index contributed by atoms with van der Waals surface area (Å²) in [6, 6.07) is 8.09. The van der Waals surface area contributed by atoms with Gasteiger partial charge in [-0.15, -0.1) is 0 Å². The smallest absolute Gasteiger partial charge is 0.0780 e. The fraction of sp³-hybridized carbons (Fsp3) is 0.0714. The van der Waals surface area contributed by atoms with Crippen molar-refractivity contribution in [2.45, 2.75) is 6.92 Å². The predicted molar refractivity (Wildman–Crippen MR) is 65.8 cm³/mol. The van der Waals surface area contributed by atoms with Crippen molar-refractivity contribution >= 4 is 23.6 Å². The number of benzene rings is 1. The van der Waals surface area contributed by atoms with Gasteiger partial charge >= 0.3 is 0 Å². The van der Waals surface area contributed by atoms with Gasteiger partial charge in [0, 0.05) is 16.8 Å². The quantitative estimate of drug-likeness (QED) is 0.678. The Hall–Kier alpha value is -1.89. The molecule has 0 N–H and O–H groups in total. The van der Waals surface area contributed by atoms with Gasteiger partial charge in [0.05, 0.1) is 5.52 Å². The number of fused-ring (bicyclic) bond motifs is 1. The van der Waals surface area contributed by atoms with E-state index in [0.717, 1.165) is 21.3 Å². The lowest BCUT2D eigenvalue weighted by Crippen LogP contribution is -2.23. The highest BCUT2D eigenvalue weighted by atomic mass is 14.6. The van der Waals surface area contributed by atoms with Crippen LogP contribution < -0.4 is 10.4 Å². The van der Waals surface area contributed by atoms with E-state index in [9.17, 15) is 0 Å². The Kier molecular flexibility index (Phi) is 2.64. The molecule has 0 bridgehead atoms. The Morgan fingerprint density at radius 3 is 2.93 bits per heavy atom. The van der Waals surface area contributed by atoms with E-state index in [4.69, 9.17) is 0 Å². The molecular weight excluding hydrogens is 182 g/mol. The normalized spacial score (nSPS) is 12.7. The zero-order valence-corrected chi connectivity index (χ0v) is 8.77. The first-order valence-electron chi connectivity index (χ1n) is 4.98. The second kappa shape index (κ2) is 4.09. The summed E-state index contributed by atoms with van der Waals surface area (Å²) >= 11 is 0. The summed E-state index contributed by atoms with van der Waals surface area (Å²) in [5.41, 5.74) is 1.02. The first-order valence-corrected chi connectivity index (χ1v) is 4.98. The molecule has 1 nitrogen and oxygen atoms in total. The molecule has 0 amide bonds. The minimum absolute atomic E-state index is 1.01. The highest BCUT2D eigenvalue weighted by molar-refractivity contribution is 5.80. The van der Waals surface area contributed by atoms with Gasteiger partial charge in [-0.25, -0.2) is 0 Å². The average molecular weight is 195 g/mol. The molecule has 0 saturated heterocycles. The van der Waals surface area contributed by atoms with Gasteiger partial charge in [0.15, 0.2) is 0 Å². The zero-order valence-electron chi connectivity index (χ0n) is 8.77. The number of hydrogen-bond acceptors (Lipinski definition) is 1. The molecule has 0 aliphatic heterocycles. The lowest BCUT2D eigenvalue weighted by molar-refractivity contribution is 1.38. The van der Waals surface area contributed by atoms with E-state index in [2.05, 4.69) is 29.8 Å². The van der Waals surface area contributed by atoms with E-state index < -0.39 is 0 Å². The number of nitrogens with zero attached hydrogens (tertiary/aromatic N) is 1. The fourth-order valence-electron chi connectivity index (χ4n) is 1.59. The summed E-state index contributed by atoms with van der Waals surface area (Å²) < 4.78 is 0. The van der Waals surface area contributed by atoms with Crippen LogP contribution in [0.1, 0.15) is 6.92 Å². The molecule has 15 heavy (non-hydrogen) atoms. The molecule has 0 saturated carbocycles. The van der Waals surface area contributed by atoms with Crippen molar-refractivity contribution < 1.29 is 0 Å². The lowest BCUT2D eigenvalue weighted by Gasteiger charge is -1.97. The number of aromatic nitrogens is 1. The molecule has 1 aromatic heterocycles. The standard InChI is InChI=1S/C14H13N/c1-3-4-7-13-11(2)8-9-12-6-5-10-15-14(12)13/h3-10H,2H2,1H3/b4-3-,13-7+. The van der Waals surface area contributed by atoms with Crippen molar-refractivity contribution in [3.05, 3.63) is 53.1 Å². The van der Waals surface area contributed by atoms with Gasteiger partial charge in [-0.2, -0.15) is 0 Å². The molecule has 1 aromatic carbocycles. The van der Waals surface area contributed by atoms with Crippen LogP contribution in [0.3, 0.4) is 0 Å². The average Bonchev–Trinajstić information content (AvgIpc) is 2.28. The second-order valence-corrected chi connectivity index (χ2v) is 3.41. The lowest BCUT2D eigenvalue weighted by atomic mass is 10.1. The molecular formula is C14H13N. The first kappa shape index (κ1) is 9.66. The third kappa shape index (κ3) is 1.82. The largest absolute Gasteiger partial charge is 0.256 e. The van der Waals surface area contributed by atoms with Gasteiger partial charge in [-0.05, 0) is 18.2 Å². The fourth-order valence-corrected chi connectivity index (χ4v) is 1.59. The van der Waals surface area contributed by atoms with Crippen molar-refractivity contribution in [2.75, 3.05) is 0 Å². The molecule has 0 atom stereocenters. The van der Waals surface area contributed by atoms with Crippen molar-refractivity contribution in [1.82, 2.24) is 4.98 Å². The molecule has 74 valence electrons. The van der Waals surface area contributed by atoms with E-state index in [1.807, 2.05) is 37.4 Å². The monoisotopic (exact) mass is 195 g/mol. The van der Waals surface area contributed by atoms with Gasteiger partial charge in [0.1, 0.15) is 0 Å². The first-order chi connectivity index (χ1) is 7.33. The van der Waals surface area contributed by atoms with Gasteiger partial charge in [-0.1, -0.05) is 43.0 Å². The summed E-state index contributed by atoms with van der Waals surface area (Å²) in [4.78, 5) is 4.39. The van der Waals surface area contributed by atoms with Crippen LogP contribution in [0, 0.1) is 0 Å². The summed E-state index contributed by atoms with van der Waals surface area (Å²) in [7, 11) is 0. The SMILES string of the molecule is C=c1ccc2cccnc2/c1=C/C=C\C. The maximum absolute atomic E-state index is 4.39. The molecule has 1 heteroatoms. The van der Waals surface area contributed by atoms with Crippen LogP contribution in [0.15, 0.2) is 42.6 Å². The zero-order chi connectivity index (χ0) is 10.7. The van der Waals surface area contributed by atoms with Crippen LogP contribution in [0.25, 0.3) is 23.6 Å². The van der Waals surface area contributed by atoms with Crippen molar-refractivity contribution in [1.29, 1.82) is 0 Å². The molecule has 0 aliphatic carbocycles. The van der Waals surface area contributed by atoms with Crippen LogP contribution in [-0.2, 0) is 0 Å².